The van der Waals surface area contributed by atoms with Crippen molar-refractivity contribution in [3.63, 3.8) is 0 Å². The van der Waals surface area contributed by atoms with E-state index in [0.717, 1.165) is 56.8 Å². The third-order valence-corrected chi connectivity index (χ3v) is 14.6. The van der Waals surface area contributed by atoms with Crippen LogP contribution in [0, 0.1) is 23.7 Å². The first-order valence-electron chi connectivity index (χ1n) is 20.4. The number of nitrogens with zero attached hydrogens (tertiary/aromatic N) is 2. The molecular formula is C43H58N4O2. The Morgan fingerprint density at radius 1 is 0.490 bits per heavy atom. The molecule has 6 heteroatoms. The summed E-state index contributed by atoms with van der Waals surface area (Å²) in [4.78, 5) is 32.1. The summed E-state index contributed by atoms with van der Waals surface area (Å²) in [5.41, 5.74) is 6.34. The van der Waals surface area contributed by atoms with Crippen LogP contribution in [-0.2, 0) is 9.59 Å². The van der Waals surface area contributed by atoms with Gasteiger partial charge in [-0.1, -0.05) is 48.5 Å². The Bertz CT molecular complexity index is 1340. The van der Waals surface area contributed by atoms with E-state index in [2.05, 4.69) is 69.0 Å². The minimum Gasteiger partial charge on any atom is -0.353 e. The van der Waals surface area contributed by atoms with Gasteiger partial charge in [-0.05, 0) is 156 Å². The first-order chi connectivity index (χ1) is 24.1. The molecule has 6 atom stereocenters. The topological polar surface area (TPSA) is 64.7 Å². The Morgan fingerprint density at radius 3 is 1.18 bits per heavy atom. The van der Waals surface area contributed by atoms with E-state index >= 15 is 0 Å². The van der Waals surface area contributed by atoms with Gasteiger partial charge < -0.3 is 10.6 Å². The van der Waals surface area contributed by atoms with Crippen LogP contribution in [0.15, 0.2) is 48.5 Å². The summed E-state index contributed by atoms with van der Waals surface area (Å²) in [5, 5.41) is 6.84. The third kappa shape index (κ3) is 6.28. The Balaban J connectivity index is 0.659. The van der Waals surface area contributed by atoms with Crippen LogP contribution in [0.2, 0.25) is 0 Å². The molecular weight excluding hydrogens is 604 g/mol. The van der Waals surface area contributed by atoms with Gasteiger partial charge in [0.05, 0.1) is 0 Å². The first kappa shape index (κ1) is 32.2. The molecule has 0 radical (unpaired) electrons. The van der Waals surface area contributed by atoms with Gasteiger partial charge in [-0.15, -0.1) is 0 Å². The van der Waals surface area contributed by atoms with E-state index < -0.39 is 0 Å². The standard InChI is InChI=1S/C43H58N4O2/c48-42(44-32-15-9-28(10-16-32)23-25-46-38-19-20-39(46)35-6-2-1-5-34(35)38)30-13-14-31(27-30)43(49)45-33-17-11-29(12-18-33)24-26-47-40-21-22-41(47)37-8-4-3-7-36(37)40/h1-8,28-33,38-41H,9-27H2,(H,44,48)(H,45,49)/t28?,29?,30?,31?,32?,33?,38-,39+,40-,41+. The van der Waals surface area contributed by atoms with Crippen molar-refractivity contribution in [2.45, 2.75) is 145 Å². The number of carbonyl (C=O) groups excluding carboxylic acids is 2. The molecule has 2 aromatic rings. The number of hydrogen-bond donors (Lipinski definition) is 2. The normalized spacial score (nSPS) is 36.5. The molecule has 2 amide bonds. The van der Waals surface area contributed by atoms with Gasteiger partial charge in [0, 0.05) is 48.1 Å². The quantitative estimate of drug-likeness (QED) is 0.269. The molecule has 3 saturated carbocycles. The van der Waals surface area contributed by atoms with Crippen molar-refractivity contribution in [3.05, 3.63) is 70.8 Å². The Kier molecular flexibility index (Phi) is 9.07. The molecule has 9 rings (SSSR count). The van der Waals surface area contributed by atoms with Gasteiger partial charge in [-0.2, -0.15) is 0 Å². The van der Waals surface area contributed by atoms with E-state index in [1.165, 1.54) is 77.3 Å². The molecule has 5 fully saturated rings. The van der Waals surface area contributed by atoms with Crippen molar-refractivity contribution in [1.82, 2.24) is 20.4 Å². The monoisotopic (exact) mass is 662 g/mol. The van der Waals surface area contributed by atoms with E-state index in [-0.39, 0.29) is 23.7 Å². The molecule has 3 aliphatic carbocycles. The fraction of sp³-hybridized carbons (Fsp3) is 0.674. The third-order valence-electron chi connectivity index (χ3n) is 14.6. The summed E-state index contributed by atoms with van der Waals surface area (Å²) in [6.07, 6.45) is 19.6. The smallest absolute Gasteiger partial charge is 0.223 e. The average molecular weight is 663 g/mol. The number of rotatable bonds is 10. The second-order valence-electron chi connectivity index (χ2n) is 17.2. The number of amides is 2. The van der Waals surface area contributed by atoms with E-state index in [1.54, 1.807) is 22.3 Å². The van der Waals surface area contributed by atoms with Crippen molar-refractivity contribution >= 4 is 11.8 Å². The minimum atomic E-state index is 0.00324. The fourth-order valence-corrected chi connectivity index (χ4v) is 11.9. The zero-order chi connectivity index (χ0) is 32.9. The molecule has 2 N–H and O–H groups in total. The number of carbonyl (C=O) groups is 2. The second kappa shape index (κ2) is 13.8. The number of benzene rings is 2. The fourth-order valence-electron chi connectivity index (χ4n) is 11.9. The van der Waals surface area contributed by atoms with Crippen LogP contribution in [0.5, 0.6) is 0 Å². The minimum absolute atomic E-state index is 0.00324. The van der Waals surface area contributed by atoms with E-state index in [4.69, 9.17) is 0 Å². The van der Waals surface area contributed by atoms with Crippen molar-refractivity contribution in [3.8, 4) is 0 Å². The highest BCUT2D eigenvalue weighted by atomic mass is 16.2. The maximum absolute atomic E-state index is 13.3. The molecule has 262 valence electrons. The van der Waals surface area contributed by atoms with Gasteiger partial charge in [0.2, 0.25) is 11.8 Å². The second-order valence-corrected chi connectivity index (χ2v) is 17.2. The van der Waals surface area contributed by atoms with E-state index in [0.29, 0.717) is 36.3 Å². The molecule has 2 unspecified atom stereocenters. The van der Waals surface area contributed by atoms with Gasteiger partial charge in [0.1, 0.15) is 0 Å². The predicted octanol–water partition coefficient (Wildman–Crippen LogP) is 8.32. The van der Waals surface area contributed by atoms with Crippen LogP contribution in [-0.4, -0.2) is 46.8 Å². The lowest BCUT2D eigenvalue weighted by molar-refractivity contribution is -0.127. The molecule has 0 spiro atoms. The highest BCUT2D eigenvalue weighted by Crippen LogP contribution is 2.54. The van der Waals surface area contributed by atoms with Gasteiger partial charge in [-0.3, -0.25) is 19.4 Å². The van der Waals surface area contributed by atoms with Gasteiger partial charge in [0.15, 0.2) is 0 Å². The van der Waals surface area contributed by atoms with Gasteiger partial charge in [0.25, 0.3) is 0 Å². The van der Waals surface area contributed by atoms with Crippen molar-refractivity contribution in [2.75, 3.05) is 13.1 Å². The molecule has 49 heavy (non-hydrogen) atoms. The molecule has 0 aromatic heterocycles. The van der Waals surface area contributed by atoms with Crippen LogP contribution in [0.1, 0.15) is 156 Å². The molecule has 4 heterocycles. The van der Waals surface area contributed by atoms with Crippen LogP contribution in [0.25, 0.3) is 0 Å². The average Bonchev–Trinajstić information content (AvgIpc) is 3.98. The highest BCUT2D eigenvalue weighted by molar-refractivity contribution is 5.83. The molecule has 7 aliphatic rings. The molecule has 2 aromatic carbocycles. The number of fused-ring (bicyclic) bond motifs is 10. The van der Waals surface area contributed by atoms with Crippen LogP contribution < -0.4 is 10.6 Å². The molecule has 4 bridgehead atoms. The largest absolute Gasteiger partial charge is 0.353 e. The summed E-state index contributed by atoms with van der Waals surface area (Å²) < 4.78 is 0. The SMILES string of the molecule is O=C(NC1CCC(CCN2[C@@H]3CC[C@H]2c2ccccc23)CC1)C1CCC(C(=O)NC2CCC(CCN3[C@@H]4CC[C@H]3c3ccccc34)CC2)C1. The lowest BCUT2D eigenvalue weighted by atomic mass is 9.83. The predicted molar refractivity (Wildman–Crippen MR) is 194 cm³/mol. The summed E-state index contributed by atoms with van der Waals surface area (Å²) in [6, 6.07) is 21.4. The van der Waals surface area contributed by atoms with Gasteiger partial charge >= 0.3 is 0 Å². The number of hydrogen-bond acceptors (Lipinski definition) is 4. The Hall–Kier alpha value is -2.70. The zero-order valence-electron chi connectivity index (χ0n) is 29.5. The van der Waals surface area contributed by atoms with E-state index in [9.17, 15) is 9.59 Å². The van der Waals surface area contributed by atoms with Gasteiger partial charge in [-0.25, -0.2) is 0 Å². The summed E-state index contributed by atoms with van der Waals surface area (Å²) in [6.45, 7) is 2.43. The van der Waals surface area contributed by atoms with Crippen LogP contribution >= 0.6 is 0 Å². The van der Waals surface area contributed by atoms with Crippen LogP contribution in [0.3, 0.4) is 0 Å². The molecule has 2 saturated heterocycles. The van der Waals surface area contributed by atoms with Crippen molar-refractivity contribution in [2.24, 2.45) is 23.7 Å². The first-order valence-corrected chi connectivity index (χ1v) is 20.4. The summed E-state index contributed by atoms with van der Waals surface area (Å²) in [7, 11) is 0. The Labute approximate surface area is 294 Å². The maximum Gasteiger partial charge on any atom is 0.223 e. The summed E-state index contributed by atoms with van der Waals surface area (Å²) >= 11 is 0. The van der Waals surface area contributed by atoms with Crippen molar-refractivity contribution < 1.29 is 9.59 Å². The lowest BCUT2D eigenvalue weighted by Gasteiger charge is -2.32. The Morgan fingerprint density at radius 2 is 0.837 bits per heavy atom. The van der Waals surface area contributed by atoms with Crippen molar-refractivity contribution in [1.29, 1.82) is 0 Å². The zero-order valence-corrected chi connectivity index (χ0v) is 29.5. The lowest BCUT2D eigenvalue weighted by Crippen LogP contribution is -2.42. The highest BCUT2D eigenvalue weighted by Gasteiger charge is 2.45. The van der Waals surface area contributed by atoms with Crippen LogP contribution in [0.4, 0.5) is 0 Å². The number of nitrogens with one attached hydrogen (secondary N) is 2. The maximum atomic E-state index is 13.3. The molecule has 6 nitrogen and oxygen atoms in total. The summed E-state index contributed by atoms with van der Waals surface area (Å²) in [5.74, 6) is 1.99. The molecule has 4 aliphatic heterocycles. The van der Waals surface area contributed by atoms with E-state index in [1.807, 2.05) is 0 Å².